The van der Waals surface area contributed by atoms with Gasteiger partial charge in [0.05, 0.1) is 9.93 Å². The van der Waals surface area contributed by atoms with Gasteiger partial charge in [-0.2, -0.15) is 0 Å². The molecule has 1 heterocycles. The van der Waals surface area contributed by atoms with Crippen molar-refractivity contribution in [2.45, 2.75) is 4.90 Å². The van der Waals surface area contributed by atoms with Gasteiger partial charge in [0.25, 0.3) is 15.9 Å². The molecule has 0 aromatic heterocycles. The first kappa shape index (κ1) is 17.6. The molecule has 0 fully saturated rings. The van der Waals surface area contributed by atoms with Crippen molar-refractivity contribution >= 4 is 50.7 Å². The Kier molecular flexibility index (Phi) is 4.82. The average Bonchev–Trinajstić information content (AvgIpc) is 2.36. The summed E-state index contributed by atoms with van der Waals surface area (Å²) in [6, 6.07) is 4.31. The van der Waals surface area contributed by atoms with E-state index in [0.29, 0.717) is 5.69 Å². The number of benzene rings is 1. The second-order valence-electron chi connectivity index (χ2n) is 4.59. The van der Waals surface area contributed by atoms with Crippen LogP contribution in [0.4, 0.5) is 5.69 Å². The van der Waals surface area contributed by atoms with Crippen LogP contribution in [-0.2, 0) is 14.8 Å². The van der Waals surface area contributed by atoms with Crippen molar-refractivity contribution in [3.63, 3.8) is 0 Å². The first-order valence-corrected chi connectivity index (χ1v) is 7.50. The number of hydrogen-bond donors (Lipinski definition) is 1. The largest absolute Gasteiger partial charge is 0.399 e. The molecule has 0 bridgehead atoms. The third kappa shape index (κ3) is 2.68. The number of carbonyl (C=O) groups excluding carboxylic acids is 1. The maximum absolute atomic E-state index is 12.4. The minimum absolute atomic E-state index is 0. The van der Waals surface area contributed by atoms with E-state index in [2.05, 4.69) is 0 Å². The molecule has 0 saturated carbocycles. The number of fused-ring (bicyclic) bond motifs is 1. The van der Waals surface area contributed by atoms with E-state index in [9.17, 15) is 13.2 Å². The monoisotopic (exact) mass is 351 g/mol. The average molecular weight is 352 g/mol. The van der Waals surface area contributed by atoms with Crippen LogP contribution in [0, 0.1) is 0 Å². The van der Waals surface area contributed by atoms with Crippen LogP contribution in [0.3, 0.4) is 0 Å². The molecular weight excluding hydrogens is 337 g/mol. The Labute approximate surface area is 134 Å². The second-order valence-corrected chi connectivity index (χ2v) is 6.91. The molecule has 0 radical (unpaired) electrons. The maximum Gasteiger partial charge on any atom is 0.272 e. The number of sulfonamides is 1. The lowest BCUT2D eigenvalue weighted by Gasteiger charge is -2.30. The topological polar surface area (TPSA) is 83.7 Å². The molecule has 2 N–H and O–H groups in total. The van der Waals surface area contributed by atoms with Crippen LogP contribution in [-0.4, -0.2) is 44.7 Å². The summed E-state index contributed by atoms with van der Waals surface area (Å²) >= 11 is 6.22. The van der Waals surface area contributed by atoms with Gasteiger partial charge in [0.1, 0.15) is 5.70 Å². The number of anilines is 1. The minimum Gasteiger partial charge on any atom is -0.399 e. The highest BCUT2D eigenvalue weighted by Crippen LogP contribution is 2.39. The van der Waals surface area contributed by atoms with Crippen molar-refractivity contribution in [2.75, 3.05) is 26.9 Å². The third-order valence-electron chi connectivity index (χ3n) is 3.01. The molecule has 1 aromatic carbocycles. The third-order valence-corrected chi connectivity index (χ3v) is 5.21. The van der Waals surface area contributed by atoms with Crippen LogP contribution >= 0.6 is 24.0 Å². The number of nitrogens with two attached hydrogens (primary N) is 1. The molecule has 6 nitrogen and oxygen atoms in total. The summed E-state index contributed by atoms with van der Waals surface area (Å²) in [6.45, 7) is 0. The Morgan fingerprint density at radius 1 is 1.33 bits per heavy atom. The zero-order valence-electron chi connectivity index (χ0n) is 11.6. The lowest BCUT2D eigenvalue weighted by atomic mass is 10.1. The van der Waals surface area contributed by atoms with E-state index < -0.39 is 15.9 Å². The van der Waals surface area contributed by atoms with Gasteiger partial charge in [0.2, 0.25) is 0 Å². The van der Waals surface area contributed by atoms with E-state index in [1.165, 1.54) is 44.2 Å². The molecule has 0 saturated heterocycles. The normalized spacial score (nSPS) is 16.1. The molecule has 116 valence electrons. The highest BCUT2D eigenvalue weighted by molar-refractivity contribution is 7.89. The Balaban J connectivity index is 0.00000220. The molecule has 1 amide bonds. The summed E-state index contributed by atoms with van der Waals surface area (Å²) < 4.78 is 25.7. The van der Waals surface area contributed by atoms with Gasteiger partial charge < -0.3 is 10.6 Å². The molecule has 1 aliphatic heterocycles. The molecule has 0 unspecified atom stereocenters. The summed E-state index contributed by atoms with van der Waals surface area (Å²) in [5.74, 6) is -0.492. The predicted octanol–water partition coefficient (Wildman–Crippen LogP) is 1.32. The SMILES string of the molecule is CN(C)C(=O)C1=C(Cl)c2cc(N)ccc2S(=O)(=O)N1C.Cl. The van der Waals surface area contributed by atoms with Crippen LogP contribution in [0.1, 0.15) is 5.56 Å². The van der Waals surface area contributed by atoms with Gasteiger partial charge in [-0.1, -0.05) is 11.6 Å². The van der Waals surface area contributed by atoms with E-state index in [1.807, 2.05) is 0 Å². The number of likely N-dealkylation sites (N-methyl/N-ethyl adjacent to an activating group) is 2. The van der Waals surface area contributed by atoms with Gasteiger partial charge in [-0.25, -0.2) is 8.42 Å². The van der Waals surface area contributed by atoms with Gasteiger partial charge in [-0.05, 0) is 18.2 Å². The number of rotatable bonds is 1. The quantitative estimate of drug-likeness (QED) is 0.773. The molecule has 0 aliphatic carbocycles. The maximum atomic E-state index is 12.4. The Morgan fingerprint density at radius 2 is 1.90 bits per heavy atom. The van der Waals surface area contributed by atoms with Gasteiger partial charge in [-0.3, -0.25) is 9.10 Å². The molecule has 0 atom stereocenters. The Hall–Kier alpha value is -1.44. The van der Waals surface area contributed by atoms with Crippen LogP contribution in [0.5, 0.6) is 0 Å². The van der Waals surface area contributed by atoms with Crippen molar-refractivity contribution in [1.29, 1.82) is 0 Å². The smallest absolute Gasteiger partial charge is 0.272 e. The summed E-state index contributed by atoms with van der Waals surface area (Å²) in [6.07, 6.45) is 0. The fourth-order valence-electron chi connectivity index (χ4n) is 1.92. The standard InChI is InChI=1S/C12H14ClN3O3S.ClH/c1-15(2)12(17)11-10(13)8-6-7(14)4-5-9(8)20(18,19)16(11)3;/h4-6H,14H2,1-3H3;1H. The summed E-state index contributed by atoms with van der Waals surface area (Å²) in [5.41, 5.74) is 6.19. The Bertz CT molecular complexity index is 729. The van der Waals surface area contributed by atoms with Crippen LogP contribution in [0.25, 0.3) is 5.03 Å². The van der Waals surface area contributed by atoms with Crippen molar-refractivity contribution in [3.8, 4) is 0 Å². The zero-order chi connectivity index (χ0) is 15.2. The predicted molar refractivity (Wildman–Crippen MR) is 84.5 cm³/mol. The van der Waals surface area contributed by atoms with Crippen molar-refractivity contribution in [2.24, 2.45) is 0 Å². The van der Waals surface area contributed by atoms with Crippen molar-refractivity contribution in [3.05, 3.63) is 29.5 Å². The summed E-state index contributed by atoms with van der Waals surface area (Å²) in [7, 11) is 0.534. The number of amides is 1. The number of nitrogens with zero attached hydrogens (tertiary/aromatic N) is 2. The summed E-state index contributed by atoms with van der Waals surface area (Å²) in [4.78, 5) is 13.4. The molecule has 9 heteroatoms. The lowest BCUT2D eigenvalue weighted by Crippen LogP contribution is -2.38. The minimum atomic E-state index is -3.81. The molecule has 21 heavy (non-hydrogen) atoms. The zero-order valence-corrected chi connectivity index (χ0v) is 14.0. The van der Waals surface area contributed by atoms with Crippen molar-refractivity contribution in [1.82, 2.24) is 9.21 Å². The van der Waals surface area contributed by atoms with Gasteiger partial charge >= 0.3 is 0 Å². The van der Waals surface area contributed by atoms with Gasteiger partial charge in [0, 0.05) is 32.4 Å². The Morgan fingerprint density at radius 3 is 2.43 bits per heavy atom. The molecular formula is C12H15Cl2N3O3S. The highest BCUT2D eigenvalue weighted by atomic mass is 35.5. The van der Waals surface area contributed by atoms with Crippen LogP contribution in [0.15, 0.2) is 28.8 Å². The molecule has 1 aliphatic rings. The fourth-order valence-corrected chi connectivity index (χ4v) is 3.77. The molecule has 0 spiro atoms. The number of halogens is 2. The number of carbonyl (C=O) groups is 1. The fraction of sp³-hybridized carbons (Fsp3) is 0.250. The van der Waals surface area contributed by atoms with Crippen LogP contribution in [0.2, 0.25) is 0 Å². The van der Waals surface area contributed by atoms with E-state index in [-0.39, 0.29) is 33.6 Å². The lowest BCUT2D eigenvalue weighted by molar-refractivity contribution is -0.125. The number of hydrogen-bond acceptors (Lipinski definition) is 4. The van der Waals surface area contributed by atoms with E-state index in [0.717, 1.165) is 4.31 Å². The van der Waals surface area contributed by atoms with Gasteiger partial charge in [0.15, 0.2) is 0 Å². The molecule has 2 rings (SSSR count). The number of nitrogen functional groups attached to an aromatic ring is 1. The second kappa shape index (κ2) is 5.75. The van der Waals surface area contributed by atoms with Gasteiger partial charge in [-0.15, -0.1) is 12.4 Å². The van der Waals surface area contributed by atoms with E-state index in [4.69, 9.17) is 17.3 Å². The van der Waals surface area contributed by atoms with E-state index in [1.54, 1.807) is 0 Å². The highest BCUT2D eigenvalue weighted by Gasteiger charge is 2.37. The molecule has 1 aromatic rings. The first-order valence-electron chi connectivity index (χ1n) is 5.68. The van der Waals surface area contributed by atoms with Crippen LogP contribution < -0.4 is 5.73 Å². The van der Waals surface area contributed by atoms with E-state index >= 15 is 0 Å². The van der Waals surface area contributed by atoms with Crippen molar-refractivity contribution < 1.29 is 13.2 Å². The first-order chi connectivity index (χ1) is 9.17. The summed E-state index contributed by atoms with van der Waals surface area (Å²) in [5, 5.41) is 0.0725.